The highest BCUT2D eigenvalue weighted by atomic mass is 35.5. The minimum Gasteiger partial charge on any atom is -0.351 e. The zero-order chi connectivity index (χ0) is 9.14. The lowest BCUT2D eigenvalue weighted by Gasteiger charge is -2.00. The molecule has 1 heterocycles. The summed E-state index contributed by atoms with van der Waals surface area (Å²) in [6.07, 6.45) is 0. The summed E-state index contributed by atoms with van der Waals surface area (Å²) in [5.41, 5.74) is 5.54. The van der Waals surface area contributed by atoms with E-state index < -0.39 is 6.03 Å². The van der Waals surface area contributed by atoms with Gasteiger partial charge in [-0.1, -0.05) is 0 Å². The van der Waals surface area contributed by atoms with Gasteiger partial charge >= 0.3 is 6.03 Å². The minimum absolute atomic E-state index is 0.0822. The molecular weight excluding hydrogens is 180 g/mol. The highest BCUT2D eigenvalue weighted by Gasteiger charge is 2.00. The van der Waals surface area contributed by atoms with Crippen LogP contribution in [0.5, 0.6) is 0 Å². The lowest BCUT2D eigenvalue weighted by molar-refractivity contribution is 0.259. The number of anilines is 1. The van der Waals surface area contributed by atoms with Gasteiger partial charge in [0.1, 0.15) is 5.82 Å². The van der Waals surface area contributed by atoms with Gasteiger partial charge in [0.25, 0.3) is 0 Å². The molecule has 2 amide bonds. The third-order valence-electron chi connectivity index (χ3n) is 1.08. The van der Waals surface area contributed by atoms with Crippen molar-refractivity contribution in [2.75, 3.05) is 5.32 Å². The molecule has 0 spiro atoms. The van der Waals surface area contributed by atoms with Gasteiger partial charge in [0.2, 0.25) is 5.28 Å². The SMILES string of the molecule is Cc1cc(NC(N)=O)nc(Cl)n1. The molecule has 0 unspecified atom stereocenters. The van der Waals surface area contributed by atoms with E-state index in [1.807, 2.05) is 0 Å². The van der Waals surface area contributed by atoms with Crippen LogP contribution in [0.1, 0.15) is 5.69 Å². The van der Waals surface area contributed by atoms with Crippen molar-refractivity contribution >= 4 is 23.4 Å². The van der Waals surface area contributed by atoms with Crippen LogP contribution in [0.15, 0.2) is 6.07 Å². The summed E-state index contributed by atoms with van der Waals surface area (Å²) in [6, 6.07) is 0.889. The molecule has 6 heteroatoms. The van der Waals surface area contributed by atoms with Crippen molar-refractivity contribution in [2.24, 2.45) is 5.73 Å². The Labute approximate surface area is 74.0 Å². The smallest absolute Gasteiger partial charge is 0.317 e. The molecule has 64 valence electrons. The molecule has 0 aliphatic heterocycles. The molecule has 0 atom stereocenters. The van der Waals surface area contributed by atoms with E-state index in [2.05, 4.69) is 15.3 Å². The van der Waals surface area contributed by atoms with Crippen molar-refractivity contribution in [3.8, 4) is 0 Å². The predicted molar refractivity (Wildman–Crippen MR) is 45.0 cm³/mol. The normalized spacial score (nSPS) is 9.50. The highest BCUT2D eigenvalue weighted by molar-refractivity contribution is 6.28. The first-order chi connectivity index (χ1) is 5.58. The van der Waals surface area contributed by atoms with E-state index in [-0.39, 0.29) is 5.28 Å². The van der Waals surface area contributed by atoms with Gasteiger partial charge in [0.05, 0.1) is 0 Å². The molecule has 1 rings (SSSR count). The standard InChI is InChI=1S/C6H7ClN4O/c1-3-2-4(11-6(8)12)10-5(7)9-3/h2H,1H3,(H3,8,9,10,11,12). The first-order valence-electron chi connectivity index (χ1n) is 3.15. The summed E-state index contributed by atoms with van der Waals surface area (Å²) in [5, 5.41) is 2.37. The summed E-state index contributed by atoms with van der Waals surface area (Å²) < 4.78 is 0. The van der Waals surface area contributed by atoms with Gasteiger partial charge in [0.15, 0.2) is 0 Å². The van der Waals surface area contributed by atoms with Crippen molar-refractivity contribution in [1.29, 1.82) is 0 Å². The Balaban J connectivity index is 2.93. The van der Waals surface area contributed by atoms with Gasteiger partial charge in [-0.05, 0) is 18.5 Å². The van der Waals surface area contributed by atoms with Gasteiger partial charge in [-0.15, -0.1) is 0 Å². The first-order valence-corrected chi connectivity index (χ1v) is 3.53. The number of nitrogens with zero attached hydrogens (tertiary/aromatic N) is 2. The van der Waals surface area contributed by atoms with Gasteiger partial charge in [-0.2, -0.15) is 0 Å². The Bertz CT molecular complexity index is 294. The Hall–Kier alpha value is -1.36. The van der Waals surface area contributed by atoms with Crippen molar-refractivity contribution in [2.45, 2.75) is 6.92 Å². The van der Waals surface area contributed by atoms with Crippen LogP contribution in [0.4, 0.5) is 10.6 Å². The third kappa shape index (κ3) is 2.35. The number of aryl methyl sites for hydroxylation is 1. The number of nitrogens with two attached hydrogens (primary N) is 1. The number of carbonyl (C=O) groups is 1. The number of hydrogen-bond donors (Lipinski definition) is 2. The summed E-state index contributed by atoms with van der Waals surface area (Å²) in [7, 11) is 0. The molecule has 12 heavy (non-hydrogen) atoms. The molecule has 0 aromatic carbocycles. The number of halogens is 1. The van der Waals surface area contributed by atoms with E-state index in [4.69, 9.17) is 17.3 Å². The van der Waals surface area contributed by atoms with Crippen LogP contribution < -0.4 is 11.1 Å². The average molecular weight is 187 g/mol. The second-order valence-electron chi connectivity index (χ2n) is 2.15. The van der Waals surface area contributed by atoms with Gasteiger partial charge in [-0.25, -0.2) is 14.8 Å². The fourth-order valence-electron chi connectivity index (χ4n) is 0.723. The Kier molecular flexibility index (Phi) is 2.44. The van der Waals surface area contributed by atoms with Crippen molar-refractivity contribution in [3.05, 3.63) is 17.0 Å². The van der Waals surface area contributed by atoms with E-state index in [9.17, 15) is 4.79 Å². The molecule has 0 radical (unpaired) electrons. The number of hydrogen-bond acceptors (Lipinski definition) is 3. The van der Waals surface area contributed by atoms with E-state index in [1.54, 1.807) is 13.0 Å². The number of primary amides is 1. The van der Waals surface area contributed by atoms with Crippen LogP contribution in [0.2, 0.25) is 5.28 Å². The average Bonchev–Trinajstić information content (AvgIpc) is 1.81. The van der Waals surface area contributed by atoms with Crippen LogP contribution in [0, 0.1) is 6.92 Å². The van der Waals surface area contributed by atoms with Gasteiger partial charge in [-0.3, -0.25) is 5.32 Å². The quantitative estimate of drug-likeness (QED) is 0.641. The molecule has 0 aliphatic rings. The number of rotatable bonds is 1. The van der Waals surface area contributed by atoms with Crippen LogP contribution in [-0.4, -0.2) is 16.0 Å². The molecule has 0 bridgehead atoms. The van der Waals surface area contributed by atoms with Crippen LogP contribution in [-0.2, 0) is 0 Å². The van der Waals surface area contributed by atoms with Gasteiger partial charge < -0.3 is 5.73 Å². The van der Waals surface area contributed by atoms with Crippen molar-refractivity contribution < 1.29 is 4.79 Å². The number of urea groups is 1. The molecule has 1 aromatic rings. The fourth-order valence-corrected chi connectivity index (χ4v) is 0.947. The largest absolute Gasteiger partial charge is 0.351 e. The number of amides is 2. The van der Waals surface area contributed by atoms with E-state index in [0.29, 0.717) is 11.5 Å². The van der Waals surface area contributed by atoms with Gasteiger partial charge in [0, 0.05) is 11.8 Å². The molecule has 0 fully saturated rings. The highest BCUT2D eigenvalue weighted by Crippen LogP contribution is 2.08. The summed E-state index contributed by atoms with van der Waals surface area (Å²) in [6.45, 7) is 1.74. The number of carbonyl (C=O) groups excluding carboxylic acids is 1. The Morgan fingerprint density at radius 3 is 2.83 bits per heavy atom. The third-order valence-corrected chi connectivity index (χ3v) is 1.25. The fraction of sp³-hybridized carbons (Fsp3) is 0.167. The lowest BCUT2D eigenvalue weighted by Crippen LogP contribution is -2.20. The molecular formula is C6H7ClN4O. The number of nitrogens with one attached hydrogen (secondary N) is 1. The zero-order valence-corrected chi connectivity index (χ0v) is 7.09. The zero-order valence-electron chi connectivity index (χ0n) is 6.34. The lowest BCUT2D eigenvalue weighted by atomic mass is 10.4. The molecule has 5 nitrogen and oxygen atoms in total. The first kappa shape index (κ1) is 8.73. The predicted octanol–water partition coefficient (Wildman–Crippen LogP) is 0.929. The Morgan fingerprint density at radius 2 is 2.33 bits per heavy atom. The van der Waals surface area contributed by atoms with Crippen LogP contribution >= 0.6 is 11.6 Å². The maximum Gasteiger partial charge on any atom is 0.317 e. The molecule has 3 N–H and O–H groups in total. The summed E-state index contributed by atoms with van der Waals surface area (Å²) >= 11 is 5.52. The molecule has 0 saturated heterocycles. The summed E-state index contributed by atoms with van der Waals surface area (Å²) in [5.74, 6) is 0.306. The molecule has 0 saturated carbocycles. The minimum atomic E-state index is -0.677. The second kappa shape index (κ2) is 3.36. The summed E-state index contributed by atoms with van der Waals surface area (Å²) in [4.78, 5) is 17.9. The second-order valence-corrected chi connectivity index (χ2v) is 2.49. The number of aromatic nitrogens is 2. The van der Waals surface area contributed by atoms with E-state index >= 15 is 0 Å². The van der Waals surface area contributed by atoms with E-state index in [0.717, 1.165) is 0 Å². The molecule has 0 aliphatic carbocycles. The van der Waals surface area contributed by atoms with Crippen molar-refractivity contribution in [1.82, 2.24) is 9.97 Å². The maximum absolute atomic E-state index is 10.4. The maximum atomic E-state index is 10.4. The van der Waals surface area contributed by atoms with Crippen LogP contribution in [0.3, 0.4) is 0 Å². The monoisotopic (exact) mass is 186 g/mol. The molecule has 1 aromatic heterocycles. The van der Waals surface area contributed by atoms with E-state index in [1.165, 1.54) is 0 Å². The Morgan fingerprint density at radius 1 is 1.67 bits per heavy atom. The topological polar surface area (TPSA) is 80.9 Å². The van der Waals surface area contributed by atoms with Crippen LogP contribution in [0.25, 0.3) is 0 Å². The van der Waals surface area contributed by atoms with Crippen molar-refractivity contribution in [3.63, 3.8) is 0 Å².